The Bertz CT molecular complexity index is 1740. The Kier molecular flexibility index (Phi) is 6.07. The van der Waals surface area contributed by atoms with Crippen LogP contribution in [0, 0.1) is 10.1 Å². The number of carbonyl (C=O) groups is 1. The van der Waals surface area contributed by atoms with E-state index in [1.807, 2.05) is 42.5 Å². The van der Waals surface area contributed by atoms with Crippen molar-refractivity contribution in [3.63, 3.8) is 0 Å². The summed E-state index contributed by atoms with van der Waals surface area (Å²) in [5, 5.41) is 13.4. The molecule has 0 radical (unpaired) electrons. The summed E-state index contributed by atoms with van der Waals surface area (Å²) in [7, 11) is 0. The number of carbonyl (C=O) groups excluding carboxylic acids is 1. The van der Waals surface area contributed by atoms with Crippen molar-refractivity contribution in [2.75, 3.05) is 6.61 Å². The number of fused-ring (bicyclic) bond motifs is 2. The maximum Gasteiger partial charge on any atom is 0.338 e. The molecule has 180 valence electrons. The number of nitro benzene ring substituents is 1. The number of nitro groups is 1. The van der Waals surface area contributed by atoms with Crippen molar-refractivity contribution in [3.8, 4) is 0 Å². The second-order valence-corrected chi connectivity index (χ2v) is 9.20. The average molecular weight is 500 g/mol. The molecule has 3 aromatic carbocycles. The zero-order chi connectivity index (χ0) is 25.4. The fraction of sp³-hybridized carbons (Fsp3) is 0.148. The van der Waals surface area contributed by atoms with Crippen molar-refractivity contribution in [2.45, 2.75) is 19.9 Å². The zero-order valence-electron chi connectivity index (χ0n) is 19.5. The number of nitrogens with zero attached hydrogens (tertiary/aromatic N) is 3. The van der Waals surface area contributed by atoms with Crippen molar-refractivity contribution in [3.05, 3.63) is 119 Å². The van der Waals surface area contributed by atoms with Gasteiger partial charge in [-0.1, -0.05) is 65.9 Å². The molecule has 9 heteroatoms. The molecule has 1 aromatic heterocycles. The minimum Gasteiger partial charge on any atom is -0.463 e. The van der Waals surface area contributed by atoms with Gasteiger partial charge in [-0.3, -0.25) is 19.5 Å². The number of allylic oxidation sites excluding steroid dienone is 1. The lowest BCUT2D eigenvalue weighted by Crippen LogP contribution is -2.40. The Labute approximate surface area is 209 Å². The predicted molar refractivity (Wildman–Crippen MR) is 137 cm³/mol. The maximum atomic E-state index is 13.8. The molecule has 2 heterocycles. The van der Waals surface area contributed by atoms with E-state index in [2.05, 4.69) is 4.99 Å². The molecule has 36 heavy (non-hydrogen) atoms. The van der Waals surface area contributed by atoms with Crippen LogP contribution in [0.2, 0.25) is 0 Å². The number of hydrogen-bond donors (Lipinski definition) is 0. The number of benzene rings is 3. The normalized spacial score (nSPS) is 15.5. The molecule has 1 aliphatic heterocycles. The van der Waals surface area contributed by atoms with Gasteiger partial charge in [-0.05, 0) is 42.3 Å². The quantitative estimate of drug-likeness (QED) is 0.236. The van der Waals surface area contributed by atoms with Gasteiger partial charge < -0.3 is 4.74 Å². The highest BCUT2D eigenvalue weighted by molar-refractivity contribution is 7.07. The highest BCUT2D eigenvalue weighted by Crippen LogP contribution is 2.34. The second-order valence-electron chi connectivity index (χ2n) is 8.19. The molecular weight excluding hydrogens is 478 g/mol. The van der Waals surface area contributed by atoms with Crippen LogP contribution in [-0.2, 0) is 9.53 Å². The first-order valence-electron chi connectivity index (χ1n) is 11.3. The molecule has 0 amide bonds. The number of ether oxygens (including phenoxy) is 1. The first-order valence-corrected chi connectivity index (χ1v) is 12.1. The van der Waals surface area contributed by atoms with Gasteiger partial charge in [0, 0.05) is 6.07 Å². The van der Waals surface area contributed by atoms with E-state index in [0.717, 1.165) is 27.7 Å². The molecule has 0 fully saturated rings. The van der Waals surface area contributed by atoms with Gasteiger partial charge >= 0.3 is 5.97 Å². The van der Waals surface area contributed by atoms with Crippen LogP contribution in [0.5, 0.6) is 0 Å². The second kappa shape index (κ2) is 9.35. The van der Waals surface area contributed by atoms with Crippen molar-refractivity contribution in [2.24, 2.45) is 4.99 Å². The Balaban J connectivity index is 1.81. The summed E-state index contributed by atoms with van der Waals surface area (Å²) < 4.78 is 7.14. The van der Waals surface area contributed by atoms with Crippen LogP contribution in [0.15, 0.2) is 87.8 Å². The smallest absolute Gasteiger partial charge is 0.338 e. The molecule has 0 saturated carbocycles. The molecule has 0 N–H and O–H groups in total. The molecule has 8 nitrogen and oxygen atoms in total. The lowest BCUT2D eigenvalue weighted by atomic mass is 9.91. The molecule has 1 atom stereocenters. The summed E-state index contributed by atoms with van der Waals surface area (Å²) in [6.45, 7) is 3.63. The molecular formula is C27H21N3O5S. The number of thiazole rings is 1. The monoisotopic (exact) mass is 499 g/mol. The van der Waals surface area contributed by atoms with Crippen LogP contribution in [0.4, 0.5) is 5.69 Å². The number of hydrogen-bond acceptors (Lipinski definition) is 7. The largest absolute Gasteiger partial charge is 0.463 e. The molecule has 0 unspecified atom stereocenters. The van der Waals surface area contributed by atoms with E-state index in [4.69, 9.17) is 4.74 Å². The molecule has 4 aromatic rings. The number of para-hydroxylation sites is 1. The van der Waals surface area contributed by atoms with Crippen LogP contribution in [0.3, 0.4) is 0 Å². The number of rotatable bonds is 5. The number of aromatic nitrogens is 1. The third-order valence-corrected chi connectivity index (χ3v) is 7.04. The van der Waals surface area contributed by atoms with Crippen LogP contribution in [0.25, 0.3) is 16.8 Å². The van der Waals surface area contributed by atoms with E-state index >= 15 is 0 Å². The first kappa shape index (κ1) is 23.4. The molecule has 1 aliphatic rings. The standard InChI is InChI=1S/C27H21N3O5S/c1-3-35-26(32)23-16(2)28-27-29(24(23)20-13-8-11-17-9-4-6-12-19(17)20)25(31)22(36-27)15-18-10-5-7-14-21(18)30(33)34/h4-15,24H,3H2,1-2H3/b22-15+/t24-/m0/s1. The van der Waals surface area contributed by atoms with E-state index in [1.165, 1.54) is 16.7 Å². The van der Waals surface area contributed by atoms with Gasteiger partial charge in [-0.2, -0.15) is 0 Å². The Morgan fingerprint density at radius 3 is 2.64 bits per heavy atom. The van der Waals surface area contributed by atoms with Crippen LogP contribution >= 0.6 is 11.3 Å². The average Bonchev–Trinajstić information content (AvgIpc) is 3.17. The van der Waals surface area contributed by atoms with E-state index in [9.17, 15) is 19.7 Å². The van der Waals surface area contributed by atoms with E-state index < -0.39 is 16.9 Å². The zero-order valence-corrected chi connectivity index (χ0v) is 20.3. The van der Waals surface area contributed by atoms with Gasteiger partial charge in [0.15, 0.2) is 4.80 Å². The molecule has 5 rings (SSSR count). The lowest BCUT2D eigenvalue weighted by molar-refractivity contribution is -0.385. The van der Waals surface area contributed by atoms with E-state index in [-0.39, 0.29) is 28.0 Å². The Morgan fingerprint density at radius 1 is 1.14 bits per heavy atom. The summed E-state index contributed by atoms with van der Waals surface area (Å²) in [4.78, 5) is 42.9. The summed E-state index contributed by atoms with van der Waals surface area (Å²) >= 11 is 1.13. The van der Waals surface area contributed by atoms with Crippen molar-refractivity contribution < 1.29 is 14.5 Å². The molecule has 0 spiro atoms. The van der Waals surface area contributed by atoms with Gasteiger partial charge in [0.1, 0.15) is 0 Å². The molecule has 0 aliphatic carbocycles. The minimum absolute atomic E-state index is 0.0997. The molecule has 0 saturated heterocycles. The summed E-state index contributed by atoms with van der Waals surface area (Å²) in [5.41, 5.74) is 1.35. The highest BCUT2D eigenvalue weighted by atomic mass is 32.1. The third kappa shape index (κ3) is 3.93. The molecule has 0 bridgehead atoms. The van der Waals surface area contributed by atoms with Gasteiger partial charge in [0.2, 0.25) is 0 Å². The predicted octanol–water partition coefficient (Wildman–Crippen LogP) is 3.86. The van der Waals surface area contributed by atoms with Crippen molar-refractivity contribution in [1.82, 2.24) is 4.57 Å². The fourth-order valence-corrected chi connectivity index (χ4v) is 5.53. The summed E-state index contributed by atoms with van der Waals surface area (Å²) in [5.74, 6) is -0.537. The fourth-order valence-electron chi connectivity index (χ4n) is 4.49. The Hall–Kier alpha value is -4.37. The lowest BCUT2D eigenvalue weighted by Gasteiger charge is -2.25. The van der Waals surface area contributed by atoms with Crippen molar-refractivity contribution >= 4 is 39.8 Å². The first-order chi connectivity index (χ1) is 17.4. The highest BCUT2D eigenvalue weighted by Gasteiger charge is 2.34. The van der Waals surface area contributed by atoms with Gasteiger partial charge in [-0.15, -0.1) is 0 Å². The topological polar surface area (TPSA) is 104 Å². The van der Waals surface area contributed by atoms with Gasteiger partial charge in [0.25, 0.3) is 11.2 Å². The van der Waals surface area contributed by atoms with Crippen molar-refractivity contribution in [1.29, 1.82) is 0 Å². The summed E-state index contributed by atoms with van der Waals surface area (Å²) in [6, 6.07) is 19.0. The van der Waals surface area contributed by atoms with Crippen LogP contribution in [0.1, 0.15) is 31.0 Å². The SMILES string of the molecule is CCOC(=O)C1=C(C)N=c2s/c(=C/c3ccccc3[N+](=O)[O-])c(=O)n2[C@H]1c1cccc2ccccc12. The minimum atomic E-state index is -0.765. The van der Waals surface area contributed by atoms with E-state index in [0.29, 0.717) is 16.1 Å². The van der Waals surface area contributed by atoms with Crippen LogP contribution in [-0.4, -0.2) is 22.1 Å². The van der Waals surface area contributed by atoms with Crippen LogP contribution < -0.4 is 14.9 Å². The van der Waals surface area contributed by atoms with E-state index in [1.54, 1.807) is 32.0 Å². The van der Waals surface area contributed by atoms with Gasteiger partial charge in [-0.25, -0.2) is 9.79 Å². The maximum absolute atomic E-state index is 13.8. The van der Waals surface area contributed by atoms with Gasteiger partial charge in [0.05, 0.1) is 38.9 Å². The Morgan fingerprint density at radius 2 is 1.86 bits per heavy atom. The summed E-state index contributed by atoms with van der Waals surface area (Å²) in [6.07, 6.45) is 1.51. The third-order valence-electron chi connectivity index (χ3n) is 6.06. The number of esters is 1.